The van der Waals surface area contributed by atoms with Gasteiger partial charge in [0.15, 0.2) is 0 Å². The average molecular weight is 204 g/mol. The standard InChI is InChI=1S/C10H5FN2O2/c1-2-6-3-4-8-7(5-6)9(11)12-13(8)10(14)15/h1,3-5H,(H,14,15). The van der Waals surface area contributed by atoms with Gasteiger partial charge < -0.3 is 5.11 Å². The molecule has 0 aliphatic heterocycles. The third kappa shape index (κ3) is 1.32. The average Bonchev–Trinajstić information content (AvgIpc) is 2.56. The van der Waals surface area contributed by atoms with Crippen LogP contribution in [0.4, 0.5) is 9.18 Å². The maximum absolute atomic E-state index is 13.2. The molecular formula is C10H5FN2O2. The number of hydrogen-bond acceptors (Lipinski definition) is 2. The highest BCUT2D eigenvalue weighted by Crippen LogP contribution is 2.18. The maximum Gasteiger partial charge on any atom is 0.432 e. The lowest BCUT2D eigenvalue weighted by molar-refractivity contribution is 0.193. The second kappa shape index (κ2) is 3.10. The Morgan fingerprint density at radius 3 is 2.93 bits per heavy atom. The molecule has 0 saturated heterocycles. The lowest BCUT2D eigenvalue weighted by atomic mass is 10.2. The molecule has 4 nitrogen and oxygen atoms in total. The van der Waals surface area contributed by atoms with Crippen molar-refractivity contribution in [3.05, 3.63) is 29.7 Å². The van der Waals surface area contributed by atoms with Crippen molar-refractivity contribution in [2.45, 2.75) is 0 Å². The summed E-state index contributed by atoms with van der Waals surface area (Å²) < 4.78 is 13.8. The van der Waals surface area contributed by atoms with Gasteiger partial charge in [-0.25, -0.2) is 4.79 Å². The van der Waals surface area contributed by atoms with Crippen LogP contribution in [-0.2, 0) is 0 Å². The highest BCUT2D eigenvalue weighted by Gasteiger charge is 2.14. The van der Waals surface area contributed by atoms with E-state index in [4.69, 9.17) is 11.5 Å². The van der Waals surface area contributed by atoms with Crippen LogP contribution in [0.25, 0.3) is 10.9 Å². The SMILES string of the molecule is C#Cc1ccc2c(c1)c(F)nn2C(=O)O. The summed E-state index contributed by atoms with van der Waals surface area (Å²) >= 11 is 0. The van der Waals surface area contributed by atoms with E-state index in [1.54, 1.807) is 0 Å². The zero-order valence-electron chi connectivity index (χ0n) is 7.44. The third-order valence-corrected chi connectivity index (χ3v) is 1.98. The summed E-state index contributed by atoms with van der Waals surface area (Å²) in [4.78, 5) is 10.7. The normalized spacial score (nSPS) is 10.1. The Morgan fingerprint density at radius 2 is 2.33 bits per heavy atom. The van der Waals surface area contributed by atoms with Crippen molar-refractivity contribution in [3.8, 4) is 12.3 Å². The van der Waals surface area contributed by atoms with Crippen LogP contribution < -0.4 is 0 Å². The topological polar surface area (TPSA) is 55.1 Å². The lowest BCUT2D eigenvalue weighted by Crippen LogP contribution is -2.09. The maximum atomic E-state index is 13.2. The first kappa shape index (κ1) is 9.21. The van der Waals surface area contributed by atoms with E-state index in [1.165, 1.54) is 18.2 Å². The summed E-state index contributed by atoms with van der Waals surface area (Å²) in [6.45, 7) is 0. The van der Waals surface area contributed by atoms with Crippen molar-refractivity contribution in [2.75, 3.05) is 0 Å². The zero-order valence-corrected chi connectivity index (χ0v) is 7.44. The summed E-state index contributed by atoms with van der Waals surface area (Å²) in [5.41, 5.74) is 0.658. The van der Waals surface area contributed by atoms with Gasteiger partial charge in [0.1, 0.15) is 0 Å². The molecule has 0 atom stereocenters. The molecular weight excluding hydrogens is 199 g/mol. The van der Waals surface area contributed by atoms with Crippen molar-refractivity contribution < 1.29 is 14.3 Å². The van der Waals surface area contributed by atoms with Gasteiger partial charge >= 0.3 is 6.09 Å². The number of terminal acetylenes is 1. The van der Waals surface area contributed by atoms with Crippen LogP contribution in [0.3, 0.4) is 0 Å². The minimum absolute atomic E-state index is 0.104. The number of halogens is 1. The molecule has 0 radical (unpaired) electrons. The number of rotatable bonds is 0. The number of carbonyl (C=O) groups is 1. The number of carboxylic acid groups (broad SMARTS) is 1. The Hall–Kier alpha value is -2.35. The van der Waals surface area contributed by atoms with Crippen molar-refractivity contribution in [3.63, 3.8) is 0 Å². The summed E-state index contributed by atoms with van der Waals surface area (Å²) in [6.07, 6.45) is 3.81. The van der Waals surface area contributed by atoms with E-state index < -0.39 is 12.0 Å². The molecule has 2 aromatic rings. The van der Waals surface area contributed by atoms with Crippen LogP contribution >= 0.6 is 0 Å². The Bertz CT molecular complexity index is 595. The van der Waals surface area contributed by atoms with Gasteiger partial charge in [-0.1, -0.05) is 5.92 Å². The van der Waals surface area contributed by atoms with E-state index >= 15 is 0 Å². The van der Waals surface area contributed by atoms with Crippen molar-refractivity contribution in [1.82, 2.24) is 9.78 Å². The van der Waals surface area contributed by atoms with Crippen molar-refractivity contribution >= 4 is 17.0 Å². The van der Waals surface area contributed by atoms with Gasteiger partial charge in [-0.05, 0) is 18.2 Å². The first-order valence-electron chi connectivity index (χ1n) is 4.01. The molecule has 1 aromatic carbocycles. The molecule has 5 heteroatoms. The van der Waals surface area contributed by atoms with Gasteiger partial charge in [0.25, 0.3) is 0 Å². The quantitative estimate of drug-likeness (QED) is 0.664. The van der Waals surface area contributed by atoms with E-state index in [-0.39, 0.29) is 10.9 Å². The largest absolute Gasteiger partial charge is 0.463 e. The second-order valence-electron chi connectivity index (χ2n) is 2.86. The van der Waals surface area contributed by atoms with Gasteiger partial charge in [-0.2, -0.15) is 9.07 Å². The molecule has 0 aliphatic rings. The lowest BCUT2D eigenvalue weighted by Gasteiger charge is -1.94. The number of benzene rings is 1. The van der Waals surface area contributed by atoms with E-state index in [1.807, 2.05) is 0 Å². The summed E-state index contributed by atoms with van der Waals surface area (Å²) in [5, 5.41) is 12.1. The minimum atomic E-state index is -1.34. The summed E-state index contributed by atoms with van der Waals surface area (Å²) in [6, 6.07) is 4.34. The number of fused-ring (bicyclic) bond motifs is 1. The van der Waals surface area contributed by atoms with Crippen molar-refractivity contribution in [1.29, 1.82) is 0 Å². The molecule has 2 rings (SSSR count). The van der Waals surface area contributed by atoms with Gasteiger partial charge in [0, 0.05) is 5.56 Å². The Balaban J connectivity index is 2.82. The molecule has 0 bridgehead atoms. The molecule has 0 aliphatic carbocycles. The van der Waals surface area contributed by atoms with Crippen molar-refractivity contribution in [2.24, 2.45) is 0 Å². The molecule has 1 heterocycles. The smallest absolute Gasteiger partial charge is 0.432 e. The summed E-state index contributed by atoms with van der Waals surface area (Å²) in [5.74, 6) is 1.49. The van der Waals surface area contributed by atoms with Gasteiger partial charge in [0.2, 0.25) is 5.95 Å². The Morgan fingerprint density at radius 1 is 1.60 bits per heavy atom. The molecule has 0 spiro atoms. The van der Waals surface area contributed by atoms with E-state index in [0.717, 1.165) is 0 Å². The molecule has 74 valence electrons. The number of aromatic nitrogens is 2. The number of hydrogen-bond donors (Lipinski definition) is 1. The molecule has 0 saturated carbocycles. The molecule has 0 amide bonds. The van der Waals surface area contributed by atoms with Crippen LogP contribution in [0, 0.1) is 18.3 Å². The molecule has 0 unspecified atom stereocenters. The highest BCUT2D eigenvalue weighted by atomic mass is 19.1. The first-order valence-corrected chi connectivity index (χ1v) is 4.01. The zero-order chi connectivity index (χ0) is 11.0. The Labute approximate surface area is 83.9 Å². The summed E-state index contributed by atoms with van der Waals surface area (Å²) in [7, 11) is 0. The van der Waals surface area contributed by atoms with Gasteiger partial charge in [0.05, 0.1) is 10.9 Å². The first-order chi connectivity index (χ1) is 7.13. The van der Waals surface area contributed by atoms with Crippen LogP contribution in [0.15, 0.2) is 18.2 Å². The molecule has 15 heavy (non-hydrogen) atoms. The van der Waals surface area contributed by atoms with E-state index in [2.05, 4.69) is 11.0 Å². The van der Waals surface area contributed by atoms with Gasteiger partial charge in [-0.3, -0.25) is 0 Å². The van der Waals surface area contributed by atoms with Crippen LogP contribution in [0.5, 0.6) is 0 Å². The minimum Gasteiger partial charge on any atom is -0.463 e. The van der Waals surface area contributed by atoms with E-state index in [0.29, 0.717) is 10.2 Å². The number of nitrogens with zero attached hydrogens (tertiary/aromatic N) is 2. The monoisotopic (exact) mass is 204 g/mol. The van der Waals surface area contributed by atoms with E-state index in [9.17, 15) is 9.18 Å². The van der Waals surface area contributed by atoms with Crippen LogP contribution in [-0.4, -0.2) is 21.0 Å². The molecule has 0 fully saturated rings. The third-order valence-electron chi connectivity index (χ3n) is 1.98. The predicted octanol–water partition coefficient (Wildman–Crippen LogP) is 1.68. The molecule has 1 N–H and O–H groups in total. The fourth-order valence-corrected chi connectivity index (χ4v) is 1.32. The molecule has 1 aromatic heterocycles. The highest BCUT2D eigenvalue weighted by molar-refractivity contribution is 5.88. The fourth-order valence-electron chi connectivity index (χ4n) is 1.32. The second-order valence-corrected chi connectivity index (χ2v) is 2.86. The van der Waals surface area contributed by atoms with Gasteiger partial charge in [-0.15, -0.1) is 11.5 Å². The van der Waals surface area contributed by atoms with Crippen LogP contribution in [0.2, 0.25) is 0 Å². The van der Waals surface area contributed by atoms with Crippen LogP contribution in [0.1, 0.15) is 5.56 Å². The fraction of sp³-hybridized carbons (Fsp3) is 0. The Kier molecular flexibility index (Phi) is 1.90. The predicted molar refractivity (Wildman–Crippen MR) is 51.0 cm³/mol.